The number of carbonyl (C=O) groups is 1. The molecule has 0 atom stereocenters. The number of nitriles is 1. The van der Waals surface area contributed by atoms with E-state index in [2.05, 4.69) is 4.74 Å². The average molecular weight is 205 g/mol. The van der Waals surface area contributed by atoms with E-state index in [1.807, 2.05) is 6.07 Å². The van der Waals surface area contributed by atoms with Gasteiger partial charge in [0.15, 0.2) is 0 Å². The summed E-state index contributed by atoms with van der Waals surface area (Å²) >= 11 is 0. The molecule has 1 aromatic rings. The van der Waals surface area contributed by atoms with Crippen molar-refractivity contribution in [2.75, 3.05) is 14.2 Å². The van der Waals surface area contributed by atoms with Crippen LogP contribution >= 0.6 is 0 Å². The molecule has 0 heterocycles. The lowest BCUT2D eigenvalue weighted by molar-refractivity contribution is 0.0596. The molecule has 1 aromatic carbocycles. The first-order valence-corrected chi connectivity index (χ1v) is 4.31. The van der Waals surface area contributed by atoms with Gasteiger partial charge in [-0.3, -0.25) is 0 Å². The summed E-state index contributed by atoms with van der Waals surface area (Å²) in [5.74, 6) is -0.104. The molecule has 4 heteroatoms. The standard InChI is InChI=1S/C11H11NO3/c1-7-4-8(6-12)5-9(14-2)10(7)11(13)15-3/h4-5H,1-3H3. The van der Waals surface area contributed by atoms with Gasteiger partial charge in [0, 0.05) is 0 Å². The van der Waals surface area contributed by atoms with E-state index in [4.69, 9.17) is 10.00 Å². The third-order valence-electron chi connectivity index (χ3n) is 2.04. The van der Waals surface area contributed by atoms with Crippen LogP contribution in [0.1, 0.15) is 21.5 Å². The number of nitrogens with zero attached hydrogens (tertiary/aromatic N) is 1. The van der Waals surface area contributed by atoms with E-state index < -0.39 is 5.97 Å². The molecule has 0 aromatic heterocycles. The molecule has 0 unspecified atom stereocenters. The fourth-order valence-corrected chi connectivity index (χ4v) is 1.34. The topological polar surface area (TPSA) is 59.3 Å². The van der Waals surface area contributed by atoms with Gasteiger partial charge < -0.3 is 9.47 Å². The zero-order chi connectivity index (χ0) is 11.4. The summed E-state index contributed by atoms with van der Waals surface area (Å²) < 4.78 is 9.67. The molecule has 0 saturated carbocycles. The molecule has 0 aliphatic carbocycles. The van der Waals surface area contributed by atoms with Gasteiger partial charge in [0.2, 0.25) is 0 Å². The molecule has 0 bridgehead atoms. The fourth-order valence-electron chi connectivity index (χ4n) is 1.34. The van der Waals surface area contributed by atoms with Crippen molar-refractivity contribution in [1.29, 1.82) is 5.26 Å². The maximum absolute atomic E-state index is 11.4. The summed E-state index contributed by atoms with van der Waals surface area (Å²) in [6, 6.07) is 5.13. The Morgan fingerprint density at radius 2 is 2.07 bits per heavy atom. The first-order chi connectivity index (χ1) is 7.13. The Bertz CT molecular complexity index is 432. The Morgan fingerprint density at radius 1 is 1.40 bits per heavy atom. The van der Waals surface area contributed by atoms with Crippen LogP contribution in [0.3, 0.4) is 0 Å². The Kier molecular flexibility index (Phi) is 3.29. The van der Waals surface area contributed by atoms with Gasteiger partial charge >= 0.3 is 5.97 Å². The summed E-state index contributed by atoms with van der Waals surface area (Å²) in [5, 5.41) is 8.75. The van der Waals surface area contributed by atoms with Crippen molar-refractivity contribution in [3.63, 3.8) is 0 Å². The van der Waals surface area contributed by atoms with E-state index >= 15 is 0 Å². The van der Waals surface area contributed by atoms with Crippen molar-refractivity contribution < 1.29 is 14.3 Å². The minimum Gasteiger partial charge on any atom is -0.496 e. The maximum atomic E-state index is 11.4. The summed E-state index contributed by atoms with van der Waals surface area (Å²) in [7, 11) is 2.75. The molecule has 0 amide bonds. The average Bonchev–Trinajstić information content (AvgIpc) is 2.26. The molecule has 0 aliphatic heterocycles. The highest BCUT2D eigenvalue weighted by Crippen LogP contribution is 2.24. The van der Waals surface area contributed by atoms with E-state index in [0.29, 0.717) is 22.4 Å². The Morgan fingerprint density at radius 3 is 2.53 bits per heavy atom. The smallest absolute Gasteiger partial charge is 0.341 e. The molecule has 78 valence electrons. The van der Waals surface area contributed by atoms with Gasteiger partial charge in [0.05, 0.1) is 25.9 Å². The van der Waals surface area contributed by atoms with E-state index in [1.165, 1.54) is 20.3 Å². The zero-order valence-electron chi connectivity index (χ0n) is 8.83. The highest BCUT2D eigenvalue weighted by Gasteiger charge is 2.16. The van der Waals surface area contributed by atoms with Crippen molar-refractivity contribution in [3.8, 4) is 11.8 Å². The van der Waals surface area contributed by atoms with Crippen LogP contribution in [0, 0.1) is 18.3 Å². The van der Waals surface area contributed by atoms with Crippen LogP contribution in [0.2, 0.25) is 0 Å². The largest absolute Gasteiger partial charge is 0.496 e. The second-order valence-electron chi connectivity index (χ2n) is 2.97. The third-order valence-corrected chi connectivity index (χ3v) is 2.04. The van der Waals surface area contributed by atoms with E-state index in [1.54, 1.807) is 13.0 Å². The normalized spacial score (nSPS) is 9.20. The lowest BCUT2D eigenvalue weighted by Gasteiger charge is -2.09. The van der Waals surface area contributed by atoms with Crippen LogP contribution in [0.4, 0.5) is 0 Å². The van der Waals surface area contributed by atoms with Crippen LogP contribution in [-0.2, 0) is 4.74 Å². The Hall–Kier alpha value is -2.02. The highest BCUT2D eigenvalue weighted by atomic mass is 16.5. The minimum absolute atomic E-state index is 0.360. The molecule has 0 radical (unpaired) electrons. The molecule has 0 fully saturated rings. The van der Waals surface area contributed by atoms with E-state index in [9.17, 15) is 4.79 Å². The summed E-state index contributed by atoms with van der Waals surface area (Å²) in [6.45, 7) is 1.73. The van der Waals surface area contributed by atoms with Crippen molar-refractivity contribution in [3.05, 3.63) is 28.8 Å². The zero-order valence-corrected chi connectivity index (χ0v) is 8.83. The summed E-state index contributed by atoms with van der Waals surface area (Å²) in [4.78, 5) is 11.4. The number of hydrogen-bond acceptors (Lipinski definition) is 4. The molecule has 0 saturated heterocycles. The quantitative estimate of drug-likeness (QED) is 0.689. The number of rotatable bonds is 2. The van der Waals surface area contributed by atoms with Crippen LogP contribution in [-0.4, -0.2) is 20.2 Å². The number of benzene rings is 1. The van der Waals surface area contributed by atoms with Gasteiger partial charge in [-0.2, -0.15) is 5.26 Å². The maximum Gasteiger partial charge on any atom is 0.341 e. The number of ether oxygens (including phenoxy) is 2. The van der Waals surface area contributed by atoms with Crippen molar-refractivity contribution in [2.45, 2.75) is 6.92 Å². The molecule has 0 aliphatic rings. The van der Waals surface area contributed by atoms with Crippen LogP contribution in [0.25, 0.3) is 0 Å². The molecular formula is C11H11NO3. The van der Waals surface area contributed by atoms with Gasteiger partial charge in [-0.05, 0) is 24.6 Å². The van der Waals surface area contributed by atoms with Crippen LogP contribution in [0.15, 0.2) is 12.1 Å². The van der Waals surface area contributed by atoms with Gasteiger partial charge in [0.1, 0.15) is 11.3 Å². The first kappa shape index (κ1) is 11.1. The van der Waals surface area contributed by atoms with Crippen molar-refractivity contribution in [2.24, 2.45) is 0 Å². The monoisotopic (exact) mass is 205 g/mol. The minimum atomic E-state index is -0.464. The lowest BCUT2D eigenvalue weighted by Crippen LogP contribution is -2.07. The molecule has 4 nitrogen and oxygen atoms in total. The second-order valence-corrected chi connectivity index (χ2v) is 2.97. The van der Waals surface area contributed by atoms with Gasteiger partial charge in [-0.1, -0.05) is 0 Å². The number of methoxy groups -OCH3 is 2. The Labute approximate surface area is 88.0 Å². The SMILES string of the molecule is COC(=O)c1c(C)cc(C#N)cc1OC. The highest BCUT2D eigenvalue weighted by molar-refractivity contribution is 5.94. The van der Waals surface area contributed by atoms with Crippen LogP contribution in [0.5, 0.6) is 5.75 Å². The van der Waals surface area contributed by atoms with E-state index in [-0.39, 0.29) is 0 Å². The van der Waals surface area contributed by atoms with Crippen LogP contribution < -0.4 is 4.74 Å². The second kappa shape index (κ2) is 4.47. The first-order valence-electron chi connectivity index (χ1n) is 4.31. The summed E-state index contributed by atoms with van der Waals surface area (Å²) in [5.41, 5.74) is 1.48. The van der Waals surface area contributed by atoms with Crippen molar-refractivity contribution >= 4 is 5.97 Å². The number of hydrogen-bond donors (Lipinski definition) is 0. The van der Waals surface area contributed by atoms with Gasteiger partial charge in [-0.15, -0.1) is 0 Å². The third kappa shape index (κ3) is 2.08. The predicted molar refractivity (Wildman–Crippen MR) is 53.8 cm³/mol. The molecule has 1 rings (SSSR count). The van der Waals surface area contributed by atoms with Gasteiger partial charge in [0.25, 0.3) is 0 Å². The fraction of sp³-hybridized carbons (Fsp3) is 0.273. The van der Waals surface area contributed by atoms with Crippen molar-refractivity contribution in [1.82, 2.24) is 0 Å². The number of aryl methyl sites for hydroxylation is 1. The summed E-state index contributed by atoms with van der Waals surface area (Å²) in [6.07, 6.45) is 0. The predicted octanol–water partition coefficient (Wildman–Crippen LogP) is 1.66. The molecular weight excluding hydrogens is 194 g/mol. The molecule has 0 spiro atoms. The Balaban J connectivity index is 3.39. The lowest BCUT2D eigenvalue weighted by atomic mass is 10.0. The molecule has 0 N–H and O–H groups in total. The molecule has 15 heavy (non-hydrogen) atoms. The van der Waals surface area contributed by atoms with E-state index in [0.717, 1.165) is 0 Å². The number of esters is 1. The number of carbonyl (C=O) groups excluding carboxylic acids is 1. The van der Waals surface area contributed by atoms with Gasteiger partial charge in [-0.25, -0.2) is 4.79 Å².